The molecule has 0 radical (unpaired) electrons. The molecule has 0 aliphatic carbocycles. The number of anilines is 1. The number of nitro benzene ring substituents is 1. The maximum atomic E-state index is 12.0. The predicted octanol–water partition coefficient (Wildman–Crippen LogP) is 1.39. The number of benzene rings is 2. The number of carbonyl (C=O) groups excluding carboxylic acids is 1. The van der Waals surface area contributed by atoms with Crippen molar-refractivity contribution in [3.8, 4) is 0 Å². The monoisotopic (exact) mass is 286 g/mol. The van der Waals surface area contributed by atoms with Crippen molar-refractivity contribution in [2.24, 2.45) is 0 Å². The van der Waals surface area contributed by atoms with Gasteiger partial charge in [-0.25, -0.2) is 0 Å². The highest BCUT2D eigenvalue weighted by Gasteiger charge is 2.18. The van der Waals surface area contributed by atoms with E-state index in [1.807, 2.05) is 30.3 Å². The average molecular weight is 286 g/mol. The fourth-order valence-electron chi connectivity index (χ4n) is 1.90. The topological polar surface area (TPSA) is 99.9 Å². The van der Waals surface area contributed by atoms with Crippen molar-refractivity contribution in [3.63, 3.8) is 0 Å². The number of hydrogen-bond donors (Lipinski definition) is 2. The van der Waals surface area contributed by atoms with Crippen LogP contribution in [0.2, 0.25) is 0 Å². The maximum Gasteiger partial charge on any atom is 0.282 e. The van der Waals surface area contributed by atoms with Gasteiger partial charge >= 0.3 is 0 Å². The summed E-state index contributed by atoms with van der Waals surface area (Å²) in [6, 6.07) is 14.9. The molecule has 0 aliphatic rings. The average Bonchev–Trinajstić information content (AvgIpc) is 2.48. The van der Waals surface area contributed by atoms with Gasteiger partial charge in [0.15, 0.2) is 6.04 Å². The summed E-state index contributed by atoms with van der Waals surface area (Å²) in [6.45, 7) is 0. The van der Waals surface area contributed by atoms with E-state index >= 15 is 0 Å². The normalized spacial score (nSPS) is 11.7. The lowest BCUT2D eigenvalue weighted by Crippen LogP contribution is -2.67. The van der Waals surface area contributed by atoms with Crippen LogP contribution in [0.3, 0.4) is 0 Å². The van der Waals surface area contributed by atoms with Crippen LogP contribution in [0.15, 0.2) is 54.6 Å². The zero-order valence-corrected chi connectivity index (χ0v) is 11.4. The minimum Gasteiger partial charge on any atom is -0.347 e. The molecule has 0 saturated carbocycles. The van der Waals surface area contributed by atoms with Gasteiger partial charge in [0.05, 0.1) is 4.92 Å². The Bertz CT molecular complexity index is 626. The van der Waals surface area contributed by atoms with Gasteiger partial charge in [0.1, 0.15) is 0 Å². The van der Waals surface area contributed by atoms with Crippen molar-refractivity contribution < 1.29 is 15.5 Å². The largest absolute Gasteiger partial charge is 0.347 e. The third kappa shape index (κ3) is 4.12. The lowest BCUT2D eigenvalue weighted by atomic mass is 10.1. The first-order valence-electron chi connectivity index (χ1n) is 6.48. The lowest BCUT2D eigenvalue weighted by molar-refractivity contribution is -0.402. The number of non-ortho nitro benzene ring substituents is 1. The maximum absolute atomic E-state index is 12.0. The summed E-state index contributed by atoms with van der Waals surface area (Å²) in [5, 5.41) is 13.3. The minimum atomic E-state index is -0.481. The predicted molar refractivity (Wildman–Crippen MR) is 78.5 cm³/mol. The van der Waals surface area contributed by atoms with Crippen LogP contribution in [0.1, 0.15) is 5.56 Å². The van der Waals surface area contributed by atoms with Crippen LogP contribution in [0.25, 0.3) is 0 Å². The number of rotatable bonds is 5. The minimum absolute atomic E-state index is 0.0107. The summed E-state index contributed by atoms with van der Waals surface area (Å²) >= 11 is 0. The molecule has 0 heterocycles. The third-order valence-electron chi connectivity index (χ3n) is 3.04. The van der Waals surface area contributed by atoms with Gasteiger partial charge in [0.2, 0.25) is 0 Å². The summed E-state index contributed by atoms with van der Waals surface area (Å²) < 4.78 is 0. The standard InChI is InChI=1S/C15H15N3O3/c16-14(10-11-4-2-1-3-5-11)15(19)17-12-6-8-13(9-7-12)18(20)21/h1-9,14H,10,16H2,(H,17,19)/p+1/t14-/m0/s1. The summed E-state index contributed by atoms with van der Waals surface area (Å²) in [7, 11) is 0. The van der Waals surface area contributed by atoms with Crippen LogP contribution in [-0.4, -0.2) is 16.9 Å². The first-order valence-corrected chi connectivity index (χ1v) is 6.48. The molecule has 1 atom stereocenters. The van der Waals surface area contributed by atoms with Crippen LogP contribution < -0.4 is 11.1 Å². The van der Waals surface area contributed by atoms with Crippen molar-refractivity contribution in [3.05, 3.63) is 70.3 Å². The molecule has 0 spiro atoms. The molecular weight excluding hydrogens is 270 g/mol. The molecule has 0 fully saturated rings. The summed E-state index contributed by atoms with van der Waals surface area (Å²) in [6.07, 6.45) is 0.541. The van der Waals surface area contributed by atoms with E-state index in [1.54, 1.807) is 0 Å². The fourth-order valence-corrected chi connectivity index (χ4v) is 1.90. The van der Waals surface area contributed by atoms with Gasteiger partial charge in [-0.3, -0.25) is 14.9 Å². The molecule has 4 N–H and O–H groups in total. The smallest absolute Gasteiger partial charge is 0.282 e. The Balaban J connectivity index is 1.95. The zero-order chi connectivity index (χ0) is 15.2. The number of quaternary nitrogens is 1. The van der Waals surface area contributed by atoms with Crippen LogP contribution in [0, 0.1) is 10.1 Å². The molecule has 0 bridgehead atoms. The third-order valence-corrected chi connectivity index (χ3v) is 3.04. The zero-order valence-electron chi connectivity index (χ0n) is 11.4. The highest BCUT2D eigenvalue weighted by molar-refractivity contribution is 5.93. The van der Waals surface area contributed by atoms with Crippen molar-refractivity contribution in [2.75, 3.05) is 5.32 Å². The van der Waals surface area contributed by atoms with Gasteiger partial charge < -0.3 is 11.1 Å². The van der Waals surface area contributed by atoms with Crippen LogP contribution in [-0.2, 0) is 11.2 Å². The Morgan fingerprint density at radius 1 is 1.14 bits per heavy atom. The summed E-state index contributed by atoms with van der Waals surface area (Å²) in [5.74, 6) is -0.215. The van der Waals surface area contributed by atoms with Crippen molar-refractivity contribution in [1.29, 1.82) is 0 Å². The van der Waals surface area contributed by atoms with Crippen molar-refractivity contribution >= 4 is 17.3 Å². The molecule has 2 aromatic rings. The van der Waals surface area contributed by atoms with Crippen LogP contribution >= 0.6 is 0 Å². The van der Waals surface area contributed by atoms with E-state index in [-0.39, 0.29) is 11.6 Å². The lowest BCUT2D eigenvalue weighted by Gasteiger charge is -2.09. The molecule has 0 aromatic heterocycles. The highest BCUT2D eigenvalue weighted by atomic mass is 16.6. The Kier molecular flexibility index (Phi) is 4.63. The van der Waals surface area contributed by atoms with Crippen molar-refractivity contribution in [2.45, 2.75) is 12.5 Å². The van der Waals surface area contributed by atoms with Gasteiger partial charge in [0, 0.05) is 24.2 Å². The van der Waals surface area contributed by atoms with Gasteiger partial charge in [-0.15, -0.1) is 0 Å². The number of nitrogens with zero attached hydrogens (tertiary/aromatic N) is 1. The molecular formula is C15H16N3O3+. The SMILES string of the molecule is [NH3+][C@@H](Cc1ccccc1)C(=O)Nc1ccc([N+](=O)[O-])cc1. The molecule has 1 amide bonds. The van der Waals surface area contributed by atoms with Crippen LogP contribution in [0.5, 0.6) is 0 Å². The number of nitro groups is 1. The number of amides is 1. The molecule has 6 heteroatoms. The van der Waals surface area contributed by atoms with E-state index in [2.05, 4.69) is 11.1 Å². The van der Waals surface area contributed by atoms with E-state index in [9.17, 15) is 14.9 Å². The Labute approximate surface area is 121 Å². The van der Waals surface area contributed by atoms with Gasteiger partial charge in [-0.05, 0) is 17.7 Å². The van der Waals surface area contributed by atoms with E-state index < -0.39 is 11.0 Å². The second-order valence-electron chi connectivity index (χ2n) is 4.68. The Morgan fingerprint density at radius 3 is 2.33 bits per heavy atom. The molecule has 108 valence electrons. The van der Waals surface area contributed by atoms with E-state index in [0.29, 0.717) is 12.1 Å². The van der Waals surface area contributed by atoms with Crippen LogP contribution in [0.4, 0.5) is 11.4 Å². The molecule has 0 unspecified atom stereocenters. The van der Waals surface area contributed by atoms with E-state index in [0.717, 1.165) is 5.56 Å². The summed E-state index contributed by atoms with van der Waals surface area (Å²) in [4.78, 5) is 22.1. The van der Waals surface area contributed by atoms with Crippen molar-refractivity contribution in [1.82, 2.24) is 0 Å². The Hall–Kier alpha value is -2.73. The Morgan fingerprint density at radius 2 is 1.76 bits per heavy atom. The quantitative estimate of drug-likeness (QED) is 0.641. The molecule has 6 nitrogen and oxygen atoms in total. The molecule has 0 saturated heterocycles. The molecule has 2 aromatic carbocycles. The highest BCUT2D eigenvalue weighted by Crippen LogP contribution is 2.15. The van der Waals surface area contributed by atoms with Gasteiger partial charge in [-0.1, -0.05) is 30.3 Å². The number of nitrogens with one attached hydrogen (secondary N) is 1. The fraction of sp³-hybridized carbons (Fsp3) is 0.133. The number of carbonyl (C=O) groups is 1. The molecule has 0 aliphatic heterocycles. The number of hydrogen-bond acceptors (Lipinski definition) is 3. The second kappa shape index (κ2) is 6.62. The van der Waals surface area contributed by atoms with Gasteiger partial charge in [0.25, 0.3) is 11.6 Å². The molecule has 2 rings (SSSR count). The first-order chi connectivity index (χ1) is 10.1. The van der Waals surface area contributed by atoms with Gasteiger partial charge in [-0.2, -0.15) is 0 Å². The van der Waals surface area contributed by atoms with E-state index in [1.165, 1.54) is 24.3 Å². The molecule has 21 heavy (non-hydrogen) atoms. The second-order valence-corrected chi connectivity index (χ2v) is 4.68. The summed E-state index contributed by atoms with van der Waals surface area (Å²) in [5.41, 5.74) is 5.40. The van der Waals surface area contributed by atoms with E-state index in [4.69, 9.17) is 0 Å². The first kappa shape index (κ1) is 14.7.